The quantitative estimate of drug-likeness (QED) is 0.437. The Labute approximate surface area is 172 Å². The van der Waals surface area contributed by atoms with E-state index in [1.165, 1.54) is 6.07 Å². The van der Waals surface area contributed by atoms with Gasteiger partial charge in [0, 0.05) is 35.8 Å². The summed E-state index contributed by atoms with van der Waals surface area (Å²) in [5.41, 5.74) is 3.72. The first-order chi connectivity index (χ1) is 14.3. The van der Waals surface area contributed by atoms with Crippen LogP contribution in [-0.4, -0.2) is 30.2 Å². The van der Waals surface area contributed by atoms with Gasteiger partial charge in [0.15, 0.2) is 6.61 Å². The lowest BCUT2D eigenvalue weighted by Crippen LogP contribution is -2.19. The highest BCUT2D eigenvalue weighted by Crippen LogP contribution is 2.23. The molecule has 3 rings (SSSR count). The number of nitrogens with one attached hydrogen (secondary N) is 3. The van der Waals surface area contributed by atoms with Crippen molar-refractivity contribution in [3.8, 4) is 5.75 Å². The molecule has 0 radical (unpaired) electrons. The van der Waals surface area contributed by atoms with Gasteiger partial charge < -0.3 is 20.4 Å². The second-order valence-corrected chi connectivity index (χ2v) is 6.95. The number of aromatic nitrogens is 1. The number of fused-ring (bicyclic) bond motifs is 1. The predicted octanol–water partition coefficient (Wildman–Crippen LogP) is 4.79. The molecular formula is C22H24F3N3O2. The van der Waals surface area contributed by atoms with E-state index in [2.05, 4.69) is 15.6 Å². The van der Waals surface area contributed by atoms with E-state index in [9.17, 15) is 18.0 Å². The maximum absolute atomic E-state index is 12.3. The van der Waals surface area contributed by atoms with Crippen LogP contribution in [-0.2, 0) is 17.8 Å². The molecule has 0 aliphatic heterocycles. The van der Waals surface area contributed by atoms with Gasteiger partial charge in [0.2, 0.25) is 5.91 Å². The Bertz CT molecular complexity index is 999. The molecule has 0 saturated heterocycles. The highest BCUT2D eigenvalue weighted by Gasteiger charge is 2.28. The van der Waals surface area contributed by atoms with Crippen molar-refractivity contribution in [1.29, 1.82) is 0 Å². The number of carbonyl (C=O) groups is 1. The van der Waals surface area contributed by atoms with E-state index in [0.29, 0.717) is 19.5 Å². The molecule has 1 heterocycles. The lowest BCUT2D eigenvalue weighted by Gasteiger charge is -2.11. The Kier molecular flexibility index (Phi) is 6.99. The van der Waals surface area contributed by atoms with Gasteiger partial charge >= 0.3 is 6.18 Å². The number of hydrogen-bond donors (Lipinski definition) is 3. The number of halogens is 3. The summed E-state index contributed by atoms with van der Waals surface area (Å²) < 4.78 is 41.6. The largest absolute Gasteiger partial charge is 0.484 e. The number of carbonyl (C=O) groups excluding carboxylic acids is 1. The monoisotopic (exact) mass is 419 g/mol. The minimum atomic E-state index is -4.35. The number of ether oxygens (including phenoxy) is 1. The Balaban J connectivity index is 1.53. The van der Waals surface area contributed by atoms with Gasteiger partial charge in [-0.2, -0.15) is 13.2 Å². The summed E-state index contributed by atoms with van der Waals surface area (Å²) in [6, 6.07) is 12.4. The molecule has 0 aliphatic carbocycles. The van der Waals surface area contributed by atoms with Gasteiger partial charge in [-0.25, -0.2) is 0 Å². The van der Waals surface area contributed by atoms with Crippen LogP contribution in [0.5, 0.6) is 5.75 Å². The molecule has 0 atom stereocenters. The molecule has 30 heavy (non-hydrogen) atoms. The fraction of sp³-hybridized carbons (Fsp3) is 0.318. The van der Waals surface area contributed by atoms with Gasteiger partial charge in [-0.15, -0.1) is 0 Å². The predicted molar refractivity (Wildman–Crippen MR) is 111 cm³/mol. The van der Waals surface area contributed by atoms with E-state index in [1.807, 2.05) is 30.5 Å². The first-order valence-corrected chi connectivity index (χ1v) is 9.73. The van der Waals surface area contributed by atoms with Crippen LogP contribution in [0.15, 0.2) is 48.7 Å². The molecule has 1 aromatic heterocycles. The maximum Gasteiger partial charge on any atom is 0.422 e. The third-order valence-electron chi connectivity index (χ3n) is 4.57. The SMILES string of the molecule is CCC(=O)Nc1ccc2[nH]cc(CCNCc3cccc(OCC(F)(F)F)c3)c2c1. The summed E-state index contributed by atoms with van der Waals surface area (Å²) in [6.07, 6.45) is -1.23. The van der Waals surface area contributed by atoms with E-state index >= 15 is 0 Å². The van der Waals surface area contributed by atoms with Crippen LogP contribution < -0.4 is 15.4 Å². The molecule has 8 heteroatoms. The molecule has 2 aromatic carbocycles. The summed E-state index contributed by atoms with van der Waals surface area (Å²) in [6.45, 7) is 1.71. The van der Waals surface area contributed by atoms with Gasteiger partial charge in [-0.1, -0.05) is 19.1 Å². The van der Waals surface area contributed by atoms with E-state index in [0.717, 1.165) is 34.1 Å². The molecule has 0 unspecified atom stereocenters. The normalized spacial score (nSPS) is 11.6. The van der Waals surface area contributed by atoms with Gasteiger partial charge in [0.05, 0.1) is 0 Å². The molecule has 0 aliphatic rings. The minimum absolute atomic E-state index is 0.0328. The van der Waals surface area contributed by atoms with Crippen LogP contribution >= 0.6 is 0 Å². The summed E-state index contributed by atoms with van der Waals surface area (Å²) in [5.74, 6) is 0.166. The third kappa shape index (κ3) is 6.25. The average Bonchev–Trinajstić information content (AvgIpc) is 3.11. The highest BCUT2D eigenvalue weighted by molar-refractivity contribution is 5.94. The van der Waals surface area contributed by atoms with Crippen molar-refractivity contribution in [2.75, 3.05) is 18.5 Å². The lowest BCUT2D eigenvalue weighted by molar-refractivity contribution is -0.153. The number of benzene rings is 2. The molecule has 5 nitrogen and oxygen atoms in total. The van der Waals surface area contributed by atoms with Crippen molar-refractivity contribution >= 4 is 22.5 Å². The molecule has 3 N–H and O–H groups in total. The number of H-pyrrole nitrogens is 1. The zero-order chi connectivity index (χ0) is 21.6. The Hall–Kier alpha value is -3.00. The molecule has 1 amide bonds. The number of alkyl halides is 3. The fourth-order valence-corrected chi connectivity index (χ4v) is 3.08. The van der Waals surface area contributed by atoms with E-state index in [1.54, 1.807) is 19.1 Å². The third-order valence-corrected chi connectivity index (χ3v) is 4.57. The van der Waals surface area contributed by atoms with E-state index < -0.39 is 12.8 Å². The smallest absolute Gasteiger partial charge is 0.422 e. The highest BCUT2D eigenvalue weighted by atomic mass is 19.4. The van der Waals surface area contributed by atoms with Gasteiger partial charge in [0.1, 0.15) is 5.75 Å². The van der Waals surface area contributed by atoms with Crippen LogP contribution in [0.3, 0.4) is 0 Å². The number of anilines is 1. The van der Waals surface area contributed by atoms with Crippen LogP contribution in [0.2, 0.25) is 0 Å². The molecule has 0 saturated carbocycles. The molecular weight excluding hydrogens is 395 g/mol. The van der Waals surface area contributed by atoms with Crippen molar-refractivity contribution in [2.45, 2.75) is 32.5 Å². The van der Waals surface area contributed by atoms with Gasteiger partial charge in [-0.3, -0.25) is 4.79 Å². The van der Waals surface area contributed by atoms with Crippen molar-refractivity contribution in [3.63, 3.8) is 0 Å². The Morgan fingerprint density at radius 3 is 2.77 bits per heavy atom. The van der Waals surface area contributed by atoms with Crippen molar-refractivity contribution in [2.24, 2.45) is 0 Å². The first kappa shape index (κ1) is 21.7. The van der Waals surface area contributed by atoms with Gasteiger partial charge in [-0.05, 0) is 54.4 Å². The van der Waals surface area contributed by atoms with Crippen molar-refractivity contribution in [1.82, 2.24) is 10.3 Å². The topological polar surface area (TPSA) is 66.2 Å². The molecule has 0 spiro atoms. The average molecular weight is 419 g/mol. The fourth-order valence-electron chi connectivity index (χ4n) is 3.08. The molecule has 0 bridgehead atoms. The van der Waals surface area contributed by atoms with Crippen LogP contribution in [0, 0.1) is 0 Å². The standard InChI is InChI=1S/C22H24F3N3O2/c1-2-21(29)28-17-6-7-20-19(11-17)16(13-27-20)8-9-26-12-15-4-3-5-18(10-15)30-14-22(23,24)25/h3-7,10-11,13,26-27H,2,8-9,12,14H2,1H3,(H,28,29). The minimum Gasteiger partial charge on any atom is -0.484 e. The Morgan fingerprint density at radius 1 is 1.17 bits per heavy atom. The molecule has 3 aromatic rings. The summed E-state index contributed by atoms with van der Waals surface area (Å²) in [4.78, 5) is 14.8. The molecule has 160 valence electrons. The van der Waals surface area contributed by atoms with E-state index in [-0.39, 0.29) is 11.7 Å². The summed E-state index contributed by atoms with van der Waals surface area (Å²) >= 11 is 0. The molecule has 0 fully saturated rings. The lowest BCUT2D eigenvalue weighted by atomic mass is 10.1. The number of aromatic amines is 1. The summed E-state index contributed by atoms with van der Waals surface area (Å²) in [7, 11) is 0. The zero-order valence-corrected chi connectivity index (χ0v) is 16.6. The van der Waals surface area contributed by atoms with Crippen molar-refractivity contribution < 1.29 is 22.7 Å². The summed E-state index contributed by atoms with van der Waals surface area (Å²) in [5, 5.41) is 7.21. The number of rotatable bonds is 9. The second kappa shape index (κ2) is 9.67. The van der Waals surface area contributed by atoms with E-state index in [4.69, 9.17) is 4.74 Å². The number of amides is 1. The first-order valence-electron chi connectivity index (χ1n) is 9.73. The van der Waals surface area contributed by atoms with Crippen molar-refractivity contribution in [3.05, 3.63) is 59.8 Å². The maximum atomic E-state index is 12.3. The number of hydrogen-bond acceptors (Lipinski definition) is 3. The zero-order valence-electron chi connectivity index (χ0n) is 16.6. The van der Waals surface area contributed by atoms with Gasteiger partial charge in [0.25, 0.3) is 0 Å². The second-order valence-electron chi connectivity index (χ2n) is 6.95. The van der Waals surface area contributed by atoms with Crippen LogP contribution in [0.25, 0.3) is 10.9 Å². The van der Waals surface area contributed by atoms with Crippen LogP contribution in [0.1, 0.15) is 24.5 Å². The van der Waals surface area contributed by atoms with Crippen LogP contribution in [0.4, 0.5) is 18.9 Å². The Morgan fingerprint density at radius 2 is 2.00 bits per heavy atom.